The third-order valence-corrected chi connectivity index (χ3v) is 7.06. The number of nitrogens with zero attached hydrogens (tertiary/aromatic N) is 1. The van der Waals surface area contributed by atoms with E-state index in [1.807, 2.05) is 24.3 Å². The van der Waals surface area contributed by atoms with Gasteiger partial charge < -0.3 is 11.5 Å². The first kappa shape index (κ1) is 20.5. The zero-order valence-corrected chi connectivity index (χ0v) is 17.2. The minimum atomic E-state index is -3.93. The summed E-state index contributed by atoms with van der Waals surface area (Å²) in [5, 5.41) is 1.06. The largest absolute Gasteiger partial charge is 0.370 e. The van der Waals surface area contributed by atoms with Crippen LogP contribution in [0.4, 0.5) is 0 Å². The summed E-state index contributed by atoms with van der Waals surface area (Å²) in [6, 6.07) is 11.6. The zero-order chi connectivity index (χ0) is 20.3. The summed E-state index contributed by atoms with van der Waals surface area (Å²) in [7, 11) is -3.93. The molecule has 2 aromatic carbocycles. The Kier molecular flexibility index (Phi) is 6.19. The number of carbonyl (C=O) groups excluding carboxylic acids is 1. The zero-order valence-electron chi connectivity index (χ0n) is 14.8. The topological polar surface area (TPSA) is 128 Å². The van der Waals surface area contributed by atoms with Crippen LogP contribution in [-0.2, 0) is 14.8 Å². The summed E-state index contributed by atoms with van der Waals surface area (Å²) in [5.41, 5.74) is 10.5. The second-order valence-electron chi connectivity index (χ2n) is 6.18. The Morgan fingerprint density at radius 1 is 1.14 bits per heavy atom. The number of fused-ring (bicyclic) bond motifs is 3. The Labute approximate surface area is 171 Å². The normalized spacial score (nSPS) is 12.9. The van der Waals surface area contributed by atoms with E-state index in [2.05, 4.69) is 9.71 Å². The molecule has 0 unspecified atom stereocenters. The van der Waals surface area contributed by atoms with Crippen molar-refractivity contribution in [1.29, 1.82) is 0 Å². The van der Waals surface area contributed by atoms with Gasteiger partial charge in [0.1, 0.15) is 0 Å². The number of nitrogens with two attached hydrogens (primary N) is 2. The van der Waals surface area contributed by atoms with Crippen LogP contribution in [0.15, 0.2) is 52.4 Å². The smallest absolute Gasteiger partial charge is 0.241 e. The van der Waals surface area contributed by atoms with E-state index in [1.165, 1.54) is 6.07 Å². The molecule has 5 N–H and O–H groups in total. The van der Waals surface area contributed by atoms with E-state index >= 15 is 0 Å². The van der Waals surface area contributed by atoms with Crippen molar-refractivity contribution in [3.63, 3.8) is 0 Å². The van der Waals surface area contributed by atoms with E-state index in [0.29, 0.717) is 6.42 Å². The van der Waals surface area contributed by atoms with Gasteiger partial charge in [-0.1, -0.05) is 18.2 Å². The van der Waals surface area contributed by atoms with Crippen molar-refractivity contribution in [2.45, 2.75) is 23.8 Å². The van der Waals surface area contributed by atoms with Crippen molar-refractivity contribution in [1.82, 2.24) is 4.72 Å². The average Bonchev–Trinajstić information content (AvgIpc) is 3.01. The van der Waals surface area contributed by atoms with Gasteiger partial charge in [0, 0.05) is 26.7 Å². The molecule has 28 heavy (non-hydrogen) atoms. The third kappa shape index (κ3) is 4.61. The maximum absolute atomic E-state index is 12.8. The molecule has 0 aliphatic heterocycles. The monoisotopic (exact) mass is 438 g/mol. The first-order valence-corrected chi connectivity index (χ1v) is 11.1. The van der Waals surface area contributed by atoms with Crippen LogP contribution in [0.2, 0.25) is 0 Å². The van der Waals surface area contributed by atoms with Gasteiger partial charge in [0.25, 0.3) is 0 Å². The number of hydrogen-bond acceptors (Lipinski definition) is 5. The molecule has 148 valence electrons. The molecule has 0 saturated carbocycles. The lowest BCUT2D eigenvalue weighted by Crippen LogP contribution is -2.39. The number of carbonyl (C=O) groups is 1. The maximum Gasteiger partial charge on any atom is 0.241 e. The van der Waals surface area contributed by atoms with Crippen molar-refractivity contribution >= 4 is 64.3 Å². The minimum absolute atomic E-state index is 0.0642. The minimum Gasteiger partial charge on any atom is -0.370 e. The second-order valence-corrected chi connectivity index (χ2v) is 9.35. The SMILES string of the molecule is NC(N)=NCCC[C@H](NS(=O)(=O)c1ccc2sc3ccccc3c2c1)C(=O)Cl. The standard InChI is InChI=1S/C18H19ClN4O3S2/c19-17(24)14(5-3-9-22-18(20)21)23-28(25,26)11-7-8-16-13(10-11)12-4-1-2-6-15(12)27-16/h1-2,4,6-8,10,14,23H,3,5,9H2,(H4,20,21,22)/t14-/m0/s1. The first-order valence-electron chi connectivity index (χ1n) is 8.46. The van der Waals surface area contributed by atoms with Crippen molar-refractivity contribution in [3.8, 4) is 0 Å². The maximum atomic E-state index is 12.8. The molecule has 0 aliphatic carbocycles. The van der Waals surface area contributed by atoms with Gasteiger partial charge in [-0.2, -0.15) is 4.72 Å². The van der Waals surface area contributed by atoms with Crippen molar-refractivity contribution in [2.24, 2.45) is 16.5 Å². The Morgan fingerprint density at radius 3 is 2.57 bits per heavy atom. The van der Waals surface area contributed by atoms with Gasteiger partial charge in [-0.25, -0.2) is 8.42 Å². The number of aliphatic imine (C=N–C) groups is 1. The fourth-order valence-corrected chi connectivity index (χ4v) is 5.42. The fourth-order valence-electron chi connectivity index (χ4n) is 2.85. The highest BCUT2D eigenvalue weighted by Crippen LogP contribution is 2.34. The highest BCUT2D eigenvalue weighted by molar-refractivity contribution is 7.89. The van der Waals surface area contributed by atoms with Gasteiger partial charge in [-0.05, 0) is 48.7 Å². The van der Waals surface area contributed by atoms with Gasteiger partial charge in [0.05, 0.1) is 10.9 Å². The molecule has 10 heteroatoms. The molecule has 1 heterocycles. The predicted molar refractivity (Wildman–Crippen MR) is 114 cm³/mol. The number of thiophene rings is 1. The highest BCUT2D eigenvalue weighted by atomic mass is 35.5. The van der Waals surface area contributed by atoms with Crippen LogP contribution in [0.3, 0.4) is 0 Å². The molecular weight excluding hydrogens is 420 g/mol. The quantitative estimate of drug-likeness (QED) is 0.215. The molecular formula is C18H19ClN4O3S2. The number of sulfonamides is 1. The Hall–Kier alpha value is -2.20. The second kappa shape index (κ2) is 8.44. The molecule has 0 spiro atoms. The average molecular weight is 439 g/mol. The lowest BCUT2D eigenvalue weighted by atomic mass is 10.1. The van der Waals surface area contributed by atoms with Gasteiger partial charge in [-0.15, -0.1) is 11.3 Å². The van der Waals surface area contributed by atoms with E-state index in [-0.39, 0.29) is 23.8 Å². The van der Waals surface area contributed by atoms with Gasteiger partial charge in [0.2, 0.25) is 15.3 Å². The van der Waals surface area contributed by atoms with Crippen LogP contribution in [-0.4, -0.2) is 32.2 Å². The molecule has 3 rings (SSSR count). The number of guanidine groups is 1. The van der Waals surface area contributed by atoms with Crippen molar-refractivity contribution in [3.05, 3.63) is 42.5 Å². The summed E-state index contributed by atoms with van der Waals surface area (Å²) >= 11 is 7.18. The summed E-state index contributed by atoms with van der Waals surface area (Å²) in [6.07, 6.45) is 0.583. The highest BCUT2D eigenvalue weighted by Gasteiger charge is 2.24. The molecule has 1 atom stereocenters. The van der Waals surface area contributed by atoms with E-state index in [0.717, 1.165) is 20.2 Å². The van der Waals surface area contributed by atoms with E-state index in [4.69, 9.17) is 23.1 Å². The van der Waals surface area contributed by atoms with Crippen LogP contribution in [0.5, 0.6) is 0 Å². The van der Waals surface area contributed by atoms with Crippen LogP contribution < -0.4 is 16.2 Å². The molecule has 0 radical (unpaired) electrons. The number of hydrogen-bond donors (Lipinski definition) is 3. The number of rotatable bonds is 8. The van der Waals surface area contributed by atoms with Crippen LogP contribution in [0.1, 0.15) is 12.8 Å². The molecule has 0 saturated heterocycles. The lowest BCUT2D eigenvalue weighted by molar-refractivity contribution is -0.113. The molecule has 1 aromatic heterocycles. The van der Waals surface area contributed by atoms with Crippen molar-refractivity contribution in [2.75, 3.05) is 6.54 Å². The molecule has 0 aliphatic rings. The summed E-state index contributed by atoms with van der Waals surface area (Å²) < 4.78 is 30.1. The third-order valence-electron chi connectivity index (χ3n) is 4.18. The predicted octanol–water partition coefficient (Wildman–Crippen LogP) is 2.52. The molecule has 0 fully saturated rings. The van der Waals surface area contributed by atoms with E-state index in [9.17, 15) is 13.2 Å². The fraction of sp³-hybridized carbons (Fsp3) is 0.222. The summed E-state index contributed by atoms with van der Waals surface area (Å²) in [5.74, 6) is -0.0642. The molecule has 0 bridgehead atoms. The van der Waals surface area contributed by atoms with Crippen LogP contribution >= 0.6 is 22.9 Å². The Bertz CT molecular complexity index is 1150. The van der Waals surface area contributed by atoms with Gasteiger partial charge >= 0.3 is 0 Å². The molecule has 0 amide bonds. The van der Waals surface area contributed by atoms with E-state index < -0.39 is 21.3 Å². The van der Waals surface area contributed by atoms with Gasteiger partial charge in [-0.3, -0.25) is 9.79 Å². The number of benzene rings is 2. The Balaban J connectivity index is 1.85. The number of halogens is 1. The lowest BCUT2D eigenvalue weighted by Gasteiger charge is -2.14. The van der Waals surface area contributed by atoms with Gasteiger partial charge in [0.15, 0.2) is 5.96 Å². The molecule has 7 nitrogen and oxygen atoms in total. The van der Waals surface area contributed by atoms with E-state index in [1.54, 1.807) is 23.5 Å². The van der Waals surface area contributed by atoms with Crippen LogP contribution in [0, 0.1) is 0 Å². The first-order chi connectivity index (χ1) is 13.3. The summed E-state index contributed by atoms with van der Waals surface area (Å²) in [6.45, 7) is 0.275. The summed E-state index contributed by atoms with van der Waals surface area (Å²) in [4.78, 5) is 15.6. The van der Waals surface area contributed by atoms with Crippen molar-refractivity contribution < 1.29 is 13.2 Å². The Morgan fingerprint density at radius 2 is 1.86 bits per heavy atom. The van der Waals surface area contributed by atoms with Crippen LogP contribution in [0.25, 0.3) is 20.2 Å². The number of nitrogens with one attached hydrogen (secondary N) is 1. The molecule has 3 aromatic rings.